The van der Waals surface area contributed by atoms with Gasteiger partial charge in [0.05, 0.1) is 24.1 Å². The highest BCUT2D eigenvalue weighted by atomic mass is 16.5. The number of rotatable bonds is 7. The molecule has 7 nitrogen and oxygen atoms in total. The Morgan fingerprint density at radius 1 is 0.923 bits per heavy atom. The minimum Gasteiger partial charge on any atom is -0.466 e. The molecule has 2 heterocycles. The predicted molar refractivity (Wildman–Crippen MR) is 151 cm³/mol. The van der Waals surface area contributed by atoms with Crippen LogP contribution >= 0.6 is 0 Å². The molecule has 6 rings (SSSR count). The number of hydrogen-bond acceptors (Lipinski definition) is 6. The first-order valence-corrected chi connectivity index (χ1v) is 15.5. The normalized spacial score (nSPS) is 29.6. The number of likely N-dealkylation sites (tertiary alicyclic amines) is 1. The van der Waals surface area contributed by atoms with Crippen molar-refractivity contribution in [3.05, 3.63) is 40.3 Å². The molecule has 2 aromatic rings. The molecule has 1 aliphatic heterocycles. The van der Waals surface area contributed by atoms with Crippen molar-refractivity contribution in [1.82, 2.24) is 14.5 Å². The van der Waals surface area contributed by atoms with E-state index < -0.39 is 5.97 Å². The van der Waals surface area contributed by atoms with Crippen molar-refractivity contribution in [1.29, 1.82) is 0 Å². The summed E-state index contributed by atoms with van der Waals surface area (Å²) >= 11 is 0. The highest BCUT2D eigenvalue weighted by Gasteiger charge is 2.73. The Labute approximate surface area is 231 Å². The summed E-state index contributed by atoms with van der Waals surface area (Å²) in [6.07, 6.45) is 16.6. The van der Waals surface area contributed by atoms with Crippen LogP contribution in [0.5, 0.6) is 0 Å². The number of carbonyl (C=O) groups is 2. The first-order valence-electron chi connectivity index (χ1n) is 15.5. The summed E-state index contributed by atoms with van der Waals surface area (Å²) in [6.45, 7) is 2.02. The lowest BCUT2D eigenvalue weighted by molar-refractivity contribution is -0.241. The van der Waals surface area contributed by atoms with Crippen molar-refractivity contribution < 1.29 is 14.3 Å². The van der Waals surface area contributed by atoms with Crippen LogP contribution in [0.1, 0.15) is 120 Å². The number of para-hydroxylation sites is 2. The molecule has 1 aromatic heterocycles. The number of ketones is 1. The van der Waals surface area contributed by atoms with Crippen LogP contribution in [0.25, 0.3) is 11.0 Å². The number of ether oxygens (including phenoxy) is 1. The molecule has 1 aromatic carbocycles. The molecular formula is C32H43N3O4. The number of benzene rings is 1. The lowest BCUT2D eigenvalue weighted by atomic mass is 9.49. The molecule has 0 radical (unpaired) electrons. The maximum Gasteiger partial charge on any atom is 0.306 e. The monoisotopic (exact) mass is 533 g/mol. The summed E-state index contributed by atoms with van der Waals surface area (Å²) in [5.41, 5.74) is 1.31. The summed E-state index contributed by atoms with van der Waals surface area (Å²) in [7, 11) is 0. The van der Waals surface area contributed by atoms with E-state index in [9.17, 15) is 14.4 Å². The smallest absolute Gasteiger partial charge is 0.306 e. The molecule has 39 heavy (non-hydrogen) atoms. The van der Waals surface area contributed by atoms with Crippen molar-refractivity contribution in [3.63, 3.8) is 0 Å². The third-order valence-corrected chi connectivity index (χ3v) is 10.3. The van der Waals surface area contributed by atoms with Crippen LogP contribution in [0, 0.1) is 5.41 Å². The second-order valence-corrected chi connectivity index (χ2v) is 12.3. The van der Waals surface area contributed by atoms with E-state index in [4.69, 9.17) is 4.74 Å². The standard InChI is InChI=1S/C32H43N3O4/c1-2-39-29(37)19-18-25(36)30-31(38)35(24-16-11-10-15-23(24)33-30)28-21-27-32(28)20-12-17-26(32)34(27)22-13-8-6-4-3-5-7-9-14-22/h10-11,15-16,22,26-28H,2-9,12-14,17-21H2,1H3/t26-,27-,28-,32?/m1/s1. The Morgan fingerprint density at radius 2 is 1.64 bits per heavy atom. The highest BCUT2D eigenvalue weighted by molar-refractivity contribution is 5.97. The topological polar surface area (TPSA) is 81.5 Å². The number of nitrogens with zero attached hydrogens (tertiary/aromatic N) is 3. The molecule has 1 spiro atoms. The van der Waals surface area contributed by atoms with Gasteiger partial charge in [-0.2, -0.15) is 0 Å². The molecule has 1 saturated heterocycles. The van der Waals surface area contributed by atoms with Crippen LogP contribution in [-0.4, -0.2) is 50.9 Å². The van der Waals surface area contributed by atoms with Crippen molar-refractivity contribution in [2.45, 2.75) is 127 Å². The number of piperidine rings is 1. The second kappa shape index (κ2) is 11.1. The van der Waals surface area contributed by atoms with Crippen LogP contribution in [0.3, 0.4) is 0 Å². The maximum absolute atomic E-state index is 14.0. The lowest BCUT2D eigenvalue weighted by Gasteiger charge is -2.74. The fourth-order valence-electron chi connectivity index (χ4n) is 8.64. The zero-order valence-electron chi connectivity index (χ0n) is 23.4. The molecule has 4 atom stereocenters. The lowest BCUT2D eigenvalue weighted by Crippen LogP contribution is -2.80. The van der Waals surface area contributed by atoms with Crippen molar-refractivity contribution >= 4 is 22.8 Å². The van der Waals surface area contributed by atoms with Gasteiger partial charge in [-0.1, -0.05) is 63.5 Å². The molecule has 0 amide bonds. The molecule has 210 valence electrons. The van der Waals surface area contributed by atoms with Crippen molar-refractivity contribution in [2.75, 3.05) is 6.61 Å². The molecule has 3 aliphatic carbocycles. The van der Waals surface area contributed by atoms with Crippen LogP contribution in [0.2, 0.25) is 0 Å². The highest BCUT2D eigenvalue weighted by Crippen LogP contribution is 2.70. The average Bonchev–Trinajstić information content (AvgIpc) is 3.37. The van der Waals surface area contributed by atoms with Crippen LogP contribution in [0.15, 0.2) is 29.1 Å². The Kier molecular flexibility index (Phi) is 7.62. The van der Waals surface area contributed by atoms with Gasteiger partial charge >= 0.3 is 5.97 Å². The average molecular weight is 534 g/mol. The van der Waals surface area contributed by atoms with E-state index in [1.165, 1.54) is 70.6 Å². The Morgan fingerprint density at radius 3 is 2.38 bits per heavy atom. The first-order chi connectivity index (χ1) is 19.1. The molecule has 4 aliphatic rings. The van der Waals surface area contributed by atoms with E-state index in [0.29, 0.717) is 23.6 Å². The van der Waals surface area contributed by atoms with Gasteiger partial charge in [0.1, 0.15) is 0 Å². The fraction of sp³-hybridized carbons (Fsp3) is 0.688. The summed E-state index contributed by atoms with van der Waals surface area (Å²) in [4.78, 5) is 46.4. The van der Waals surface area contributed by atoms with E-state index in [-0.39, 0.29) is 47.9 Å². The number of carbonyl (C=O) groups excluding carboxylic acids is 2. The predicted octanol–water partition coefficient (Wildman–Crippen LogP) is 5.98. The maximum atomic E-state index is 14.0. The van der Waals surface area contributed by atoms with Gasteiger partial charge < -0.3 is 9.30 Å². The number of aromatic nitrogens is 2. The van der Waals surface area contributed by atoms with E-state index >= 15 is 0 Å². The van der Waals surface area contributed by atoms with Gasteiger partial charge in [0.25, 0.3) is 5.56 Å². The van der Waals surface area contributed by atoms with Gasteiger partial charge in [-0.25, -0.2) is 4.98 Å². The van der Waals surface area contributed by atoms with Crippen LogP contribution < -0.4 is 5.56 Å². The summed E-state index contributed by atoms with van der Waals surface area (Å²) < 4.78 is 6.92. The number of fused-ring (bicyclic) bond motifs is 1. The van der Waals surface area contributed by atoms with Gasteiger partial charge in [-0.3, -0.25) is 19.3 Å². The second-order valence-electron chi connectivity index (χ2n) is 12.3. The van der Waals surface area contributed by atoms with Gasteiger partial charge in [0.15, 0.2) is 11.5 Å². The van der Waals surface area contributed by atoms with Gasteiger partial charge in [-0.05, 0) is 51.2 Å². The quantitative estimate of drug-likeness (QED) is 0.322. The van der Waals surface area contributed by atoms with Crippen LogP contribution in [-0.2, 0) is 9.53 Å². The molecular weight excluding hydrogens is 490 g/mol. The molecule has 0 N–H and O–H groups in total. The number of Topliss-reactive ketones (excluding diaryl/α,β-unsaturated/α-hetero) is 1. The number of esters is 1. The zero-order chi connectivity index (χ0) is 27.0. The molecule has 1 unspecified atom stereocenters. The summed E-state index contributed by atoms with van der Waals surface area (Å²) in [5.74, 6) is -0.794. The number of hydrogen-bond donors (Lipinski definition) is 0. The third-order valence-electron chi connectivity index (χ3n) is 10.3. The fourth-order valence-corrected chi connectivity index (χ4v) is 8.64. The zero-order valence-corrected chi connectivity index (χ0v) is 23.4. The van der Waals surface area contributed by atoms with Crippen LogP contribution in [0.4, 0.5) is 0 Å². The van der Waals surface area contributed by atoms with Gasteiger partial charge in [0.2, 0.25) is 0 Å². The minimum atomic E-state index is -0.420. The van der Waals surface area contributed by atoms with Gasteiger partial charge in [-0.15, -0.1) is 0 Å². The van der Waals surface area contributed by atoms with Gasteiger partial charge in [0, 0.05) is 36.0 Å². The molecule has 4 fully saturated rings. The SMILES string of the molecule is CCOC(=O)CCC(=O)c1nc2ccccc2n([C@@H]2C[C@H]3N(C4CCCCCCCCC4)[C@@H]4CCCC432)c1=O. The largest absolute Gasteiger partial charge is 0.466 e. The summed E-state index contributed by atoms with van der Waals surface area (Å²) in [6, 6.07) is 9.58. The Bertz CT molecular complexity index is 1280. The Balaban J connectivity index is 1.29. The van der Waals surface area contributed by atoms with E-state index in [2.05, 4.69) is 9.88 Å². The van der Waals surface area contributed by atoms with E-state index in [1.807, 2.05) is 28.8 Å². The van der Waals surface area contributed by atoms with Crippen molar-refractivity contribution in [2.24, 2.45) is 5.41 Å². The molecule has 7 heteroatoms. The first kappa shape index (κ1) is 26.7. The Hall–Kier alpha value is -2.54. The van der Waals surface area contributed by atoms with E-state index in [1.54, 1.807) is 6.92 Å². The third kappa shape index (κ3) is 4.55. The van der Waals surface area contributed by atoms with E-state index in [0.717, 1.165) is 18.4 Å². The summed E-state index contributed by atoms with van der Waals surface area (Å²) in [5, 5.41) is 0. The molecule has 0 bridgehead atoms. The minimum absolute atomic E-state index is 0.0316. The molecule has 3 saturated carbocycles. The van der Waals surface area contributed by atoms with Crippen molar-refractivity contribution in [3.8, 4) is 0 Å².